The number of hydrogen-bond donors (Lipinski definition) is 0. The monoisotopic (exact) mass is 226 g/mol. The van der Waals surface area contributed by atoms with Gasteiger partial charge in [0, 0.05) is 12.4 Å². The Bertz CT molecular complexity index is 269. The molecular weight excluding hydrogens is 208 g/mol. The Morgan fingerprint density at radius 2 is 1.80 bits per heavy atom. The van der Waals surface area contributed by atoms with Crippen molar-refractivity contribution in [2.75, 3.05) is 0 Å². The lowest BCUT2D eigenvalue weighted by Gasteiger charge is -2.04. The van der Waals surface area contributed by atoms with Crippen LogP contribution in [-0.2, 0) is 6.42 Å². The van der Waals surface area contributed by atoms with Crippen molar-refractivity contribution in [3.05, 3.63) is 23.2 Å². The number of hydrogen-bond acceptors (Lipinski definition) is 2. The first-order valence-electron chi connectivity index (χ1n) is 5.65. The minimum Gasteiger partial charge on any atom is -0.226 e. The van der Waals surface area contributed by atoms with Crippen molar-refractivity contribution in [3.63, 3.8) is 0 Å². The second kappa shape index (κ2) is 6.78. The van der Waals surface area contributed by atoms with Crippen LogP contribution in [0.2, 0.25) is 5.28 Å². The summed E-state index contributed by atoms with van der Waals surface area (Å²) in [5, 5.41) is 0.332. The predicted octanol–water partition coefficient (Wildman–Crippen LogP) is 3.89. The van der Waals surface area contributed by atoms with E-state index in [0.717, 1.165) is 12.3 Å². The lowest BCUT2D eigenvalue weighted by molar-refractivity contribution is 0.527. The van der Waals surface area contributed by atoms with E-state index in [0.29, 0.717) is 5.28 Å². The predicted molar refractivity (Wildman–Crippen MR) is 64.1 cm³/mol. The average Bonchev–Trinajstić information content (AvgIpc) is 2.20. The summed E-state index contributed by atoms with van der Waals surface area (Å²) in [6, 6.07) is 0. The highest BCUT2D eigenvalue weighted by Gasteiger charge is 1.97. The highest BCUT2D eigenvalue weighted by Crippen LogP contribution is 2.11. The average molecular weight is 227 g/mol. The Kier molecular flexibility index (Phi) is 5.62. The van der Waals surface area contributed by atoms with Gasteiger partial charge >= 0.3 is 0 Å². The second-order valence-electron chi connectivity index (χ2n) is 4.35. The van der Waals surface area contributed by atoms with E-state index in [-0.39, 0.29) is 0 Å². The molecule has 15 heavy (non-hydrogen) atoms. The van der Waals surface area contributed by atoms with Gasteiger partial charge in [-0.25, -0.2) is 9.97 Å². The Balaban J connectivity index is 2.12. The molecule has 2 nitrogen and oxygen atoms in total. The van der Waals surface area contributed by atoms with Gasteiger partial charge in [0.2, 0.25) is 5.28 Å². The molecule has 0 fully saturated rings. The van der Waals surface area contributed by atoms with E-state index in [1.807, 2.05) is 12.4 Å². The molecule has 0 bridgehead atoms. The van der Waals surface area contributed by atoms with E-state index in [2.05, 4.69) is 23.8 Å². The normalized spacial score (nSPS) is 10.9. The molecule has 0 aliphatic rings. The van der Waals surface area contributed by atoms with Gasteiger partial charge in [0.05, 0.1) is 0 Å². The quantitative estimate of drug-likeness (QED) is 0.543. The fourth-order valence-electron chi connectivity index (χ4n) is 1.53. The maximum Gasteiger partial charge on any atom is 0.222 e. The molecule has 0 unspecified atom stereocenters. The summed E-state index contributed by atoms with van der Waals surface area (Å²) in [6.45, 7) is 4.54. The van der Waals surface area contributed by atoms with E-state index in [4.69, 9.17) is 11.6 Å². The molecule has 0 aliphatic carbocycles. The molecule has 1 rings (SSSR count). The first-order valence-corrected chi connectivity index (χ1v) is 6.02. The van der Waals surface area contributed by atoms with Crippen LogP contribution in [0.15, 0.2) is 12.4 Å². The fraction of sp³-hybridized carbons (Fsp3) is 0.667. The van der Waals surface area contributed by atoms with Gasteiger partial charge in [-0.2, -0.15) is 0 Å². The molecule has 0 aliphatic heterocycles. The first kappa shape index (κ1) is 12.4. The van der Waals surface area contributed by atoms with Crippen molar-refractivity contribution in [3.8, 4) is 0 Å². The third-order valence-corrected chi connectivity index (χ3v) is 2.62. The van der Waals surface area contributed by atoms with Gasteiger partial charge in [0.1, 0.15) is 0 Å². The minimum atomic E-state index is 0.332. The molecule has 84 valence electrons. The molecule has 0 amide bonds. The Labute approximate surface area is 97.1 Å². The zero-order chi connectivity index (χ0) is 11.1. The van der Waals surface area contributed by atoms with Crippen LogP contribution in [0.4, 0.5) is 0 Å². The summed E-state index contributed by atoms with van der Waals surface area (Å²) in [5.41, 5.74) is 1.18. The van der Waals surface area contributed by atoms with Crippen molar-refractivity contribution in [2.24, 2.45) is 5.92 Å². The van der Waals surface area contributed by atoms with Gasteiger partial charge in [0.15, 0.2) is 0 Å². The molecule has 0 saturated heterocycles. The third kappa shape index (κ3) is 5.73. The Morgan fingerprint density at radius 1 is 1.13 bits per heavy atom. The van der Waals surface area contributed by atoms with Gasteiger partial charge < -0.3 is 0 Å². The maximum atomic E-state index is 5.61. The smallest absolute Gasteiger partial charge is 0.222 e. The Hall–Kier alpha value is -0.630. The molecule has 1 aromatic rings. The van der Waals surface area contributed by atoms with Crippen molar-refractivity contribution in [2.45, 2.75) is 46.0 Å². The lowest BCUT2D eigenvalue weighted by Crippen LogP contribution is -1.91. The van der Waals surface area contributed by atoms with Crippen molar-refractivity contribution >= 4 is 11.6 Å². The largest absolute Gasteiger partial charge is 0.226 e. The fourth-order valence-corrected chi connectivity index (χ4v) is 1.62. The number of aryl methyl sites for hydroxylation is 1. The maximum absolute atomic E-state index is 5.61. The molecule has 3 heteroatoms. The van der Waals surface area contributed by atoms with Gasteiger partial charge in [-0.3, -0.25) is 0 Å². The van der Waals surface area contributed by atoms with Crippen LogP contribution in [0.25, 0.3) is 0 Å². The van der Waals surface area contributed by atoms with Crippen LogP contribution in [-0.4, -0.2) is 9.97 Å². The van der Waals surface area contributed by atoms with E-state index < -0.39 is 0 Å². The molecule has 0 atom stereocenters. The Morgan fingerprint density at radius 3 is 2.40 bits per heavy atom. The summed E-state index contributed by atoms with van der Waals surface area (Å²) < 4.78 is 0. The summed E-state index contributed by atoms with van der Waals surface area (Å²) in [5.74, 6) is 0.823. The van der Waals surface area contributed by atoms with E-state index in [9.17, 15) is 0 Å². The first-order chi connectivity index (χ1) is 7.18. The number of aromatic nitrogens is 2. The minimum absolute atomic E-state index is 0.332. The highest BCUT2D eigenvalue weighted by molar-refractivity contribution is 6.28. The number of rotatable bonds is 6. The SMILES string of the molecule is CC(C)CCCCCc1cnc(Cl)nc1. The van der Waals surface area contributed by atoms with Crippen molar-refractivity contribution in [1.82, 2.24) is 9.97 Å². The molecular formula is C12H19ClN2. The van der Waals surface area contributed by atoms with Crippen LogP contribution in [0.1, 0.15) is 45.1 Å². The lowest BCUT2D eigenvalue weighted by atomic mass is 10.0. The van der Waals surface area contributed by atoms with Gasteiger partial charge in [-0.05, 0) is 35.9 Å². The zero-order valence-electron chi connectivity index (χ0n) is 9.54. The van der Waals surface area contributed by atoms with Crippen LogP contribution in [0, 0.1) is 5.92 Å². The van der Waals surface area contributed by atoms with Gasteiger partial charge in [-0.15, -0.1) is 0 Å². The summed E-state index contributed by atoms with van der Waals surface area (Å²) in [6.07, 6.45) is 9.87. The molecule has 0 spiro atoms. The van der Waals surface area contributed by atoms with Crippen LogP contribution < -0.4 is 0 Å². The standard InChI is InChI=1S/C12H19ClN2/c1-10(2)6-4-3-5-7-11-8-14-12(13)15-9-11/h8-10H,3-7H2,1-2H3. The molecule has 0 saturated carbocycles. The van der Waals surface area contributed by atoms with E-state index >= 15 is 0 Å². The number of unbranched alkanes of at least 4 members (excludes halogenated alkanes) is 2. The summed E-state index contributed by atoms with van der Waals surface area (Å²) >= 11 is 5.61. The topological polar surface area (TPSA) is 25.8 Å². The molecule has 1 heterocycles. The van der Waals surface area contributed by atoms with E-state index in [1.54, 1.807) is 0 Å². The van der Waals surface area contributed by atoms with Crippen LogP contribution in [0.3, 0.4) is 0 Å². The van der Waals surface area contributed by atoms with Crippen LogP contribution in [0.5, 0.6) is 0 Å². The van der Waals surface area contributed by atoms with Gasteiger partial charge in [-0.1, -0.05) is 33.1 Å². The summed E-state index contributed by atoms with van der Waals surface area (Å²) in [4.78, 5) is 7.92. The van der Waals surface area contributed by atoms with Crippen molar-refractivity contribution in [1.29, 1.82) is 0 Å². The van der Waals surface area contributed by atoms with E-state index in [1.165, 1.54) is 31.2 Å². The molecule has 1 aromatic heterocycles. The summed E-state index contributed by atoms with van der Waals surface area (Å²) in [7, 11) is 0. The molecule has 0 radical (unpaired) electrons. The number of nitrogens with zero attached hydrogens (tertiary/aromatic N) is 2. The zero-order valence-corrected chi connectivity index (χ0v) is 10.3. The molecule has 0 N–H and O–H groups in total. The third-order valence-electron chi connectivity index (χ3n) is 2.42. The molecule has 0 aromatic carbocycles. The number of halogens is 1. The van der Waals surface area contributed by atoms with Gasteiger partial charge in [0.25, 0.3) is 0 Å². The highest BCUT2D eigenvalue weighted by atomic mass is 35.5. The van der Waals surface area contributed by atoms with Crippen LogP contribution >= 0.6 is 11.6 Å². The second-order valence-corrected chi connectivity index (χ2v) is 4.69. The van der Waals surface area contributed by atoms with Crippen molar-refractivity contribution < 1.29 is 0 Å².